The highest BCUT2D eigenvalue weighted by molar-refractivity contribution is 6.06. The van der Waals surface area contributed by atoms with E-state index in [-0.39, 0.29) is 47.8 Å². The average Bonchev–Trinajstić information content (AvgIpc) is 4.05. The summed E-state index contributed by atoms with van der Waals surface area (Å²) in [4.78, 5) is 59.8. The smallest absolute Gasteiger partial charge is 0.374 e. The number of imidazole rings is 1. The molecule has 0 spiro atoms. The third-order valence-corrected chi connectivity index (χ3v) is 13.8. The highest BCUT2D eigenvalue weighted by atomic mass is 19.4. The van der Waals surface area contributed by atoms with Crippen LogP contribution in [0.3, 0.4) is 0 Å². The molecule has 14 nitrogen and oxygen atoms in total. The Morgan fingerprint density at radius 1 is 0.967 bits per heavy atom. The third kappa shape index (κ3) is 7.38. The second-order valence-electron chi connectivity index (χ2n) is 17.5. The van der Waals surface area contributed by atoms with Crippen molar-refractivity contribution in [1.29, 1.82) is 0 Å². The monoisotopic (exact) mass is 839 g/mol. The van der Waals surface area contributed by atoms with Gasteiger partial charge in [0.15, 0.2) is 0 Å². The van der Waals surface area contributed by atoms with E-state index in [1.54, 1.807) is 16.2 Å². The van der Waals surface area contributed by atoms with E-state index in [1.165, 1.54) is 12.1 Å². The van der Waals surface area contributed by atoms with E-state index in [1.807, 2.05) is 30.5 Å². The van der Waals surface area contributed by atoms with Gasteiger partial charge in [-0.15, -0.1) is 0 Å². The normalized spacial score (nSPS) is 25.2. The molecule has 5 fully saturated rings. The molecule has 3 aromatic heterocycles. The first-order valence-electron chi connectivity index (χ1n) is 21.4. The van der Waals surface area contributed by atoms with Crippen molar-refractivity contribution in [2.24, 2.45) is 13.0 Å². The summed E-state index contributed by atoms with van der Waals surface area (Å²) in [7, 11) is 1.77. The third-order valence-electron chi connectivity index (χ3n) is 13.8. The number of hydrogen-bond donors (Lipinski definition) is 2. The molecule has 1 saturated carbocycles. The molecule has 0 radical (unpaired) electrons. The first-order valence-corrected chi connectivity index (χ1v) is 21.4. The summed E-state index contributed by atoms with van der Waals surface area (Å²) in [5.41, 5.74) is 3.12. The zero-order valence-corrected chi connectivity index (χ0v) is 33.9. The number of nitrogens with one attached hydrogen (secondary N) is 2. The number of fused-ring (bicyclic) bond motifs is 4. The van der Waals surface area contributed by atoms with E-state index < -0.39 is 29.7 Å². The number of aromatic nitrogens is 5. The van der Waals surface area contributed by atoms with Gasteiger partial charge in [0.05, 0.1) is 52.7 Å². The van der Waals surface area contributed by atoms with Gasteiger partial charge in [-0.25, -0.2) is 9.78 Å². The number of rotatable bonds is 8. The Morgan fingerprint density at radius 2 is 1.75 bits per heavy atom. The van der Waals surface area contributed by atoms with Gasteiger partial charge in [0.1, 0.15) is 17.4 Å². The van der Waals surface area contributed by atoms with Crippen LogP contribution in [0.15, 0.2) is 59.5 Å². The van der Waals surface area contributed by atoms with Crippen LogP contribution in [-0.4, -0.2) is 91.5 Å². The summed E-state index contributed by atoms with van der Waals surface area (Å²) in [5.74, 6) is -0.600. The molecule has 4 saturated heterocycles. The van der Waals surface area contributed by atoms with E-state index in [2.05, 4.69) is 36.2 Å². The number of alkyl halides is 3. The molecule has 10 rings (SSSR count). The lowest BCUT2D eigenvalue weighted by Gasteiger charge is -2.37. The minimum Gasteiger partial charge on any atom is -0.374 e. The number of hydrogen-bond acceptors (Lipinski definition) is 9. The molecular weight excluding hydrogens is 792 g/mol. The minimum atomic E-state index is -4.67. The molecule has 1 aliphatic carbocycles. The first kappa shape index (κ1) is 39.6. The Morgan fingerprint density at radius 3 is 2.48 bits per heavy atom. The lowest BCUT2D eigenvalue weighted by Crippen LogP contribution is -2.44. The highest BCUT2D eigenvalue weighted by Crippen LogP contribution is 2.41. The topological polar surface area (TPSA) is 149 Å². The average molecular weight is 840 g/mol. The fourth-order valence-corrected chi connectivity index (χ4v) is 10.6. The number of para-hydroxylation sites is 1. The standard InChI is InChI=1S/C44H48F3N9O5/c1-52-40-31(4-2-6-35(40)56(43(52)60)36-12-13-39(57)50-42(36)59)26-14-16-53(17-15-26)21-25-8-10-28(11-9-25)55-22-27-18-34(49-41(58)32-5-3-7-38(48-32)44(45,46)47)37(20-33(27)51-55)54-23-30-19-29(54)24-61-30/h2-7,18,20,22,25-26,28-30,36H,8-17,19,21,23-24H2,1H3,(H,49,58)(H,50,57,59)/t25?,28?,29-,30-,36?/m1/s1. The molecule has 5 aromatic rings. The van der Waals surface area contributed by atoms with Crippen molar-refractivity contribution in [1.82, 2.24) is 34.1 Å². The number of likely N-dealkylation sites (tertiary alicyclic amines) is 1. The molecule has 17 heteroatoms. The van der Waals surface area contributed by atoms with Gasteiger partial charge in [0.2, 0.25) is 11.8 Å². The van der Waals surface area contributed by atoms with Gasteiger partial charge in [0.25, 0.3) is 5.91 Å². The molecule has 5 aliphatic rings. The molecule has 7 heterocycles. The molecule has 1 unspecified atom stereocenters. The van der Waals surface area contributed by atoms with Crippen LogP contribution in [0, 0.1) is 5.92 Å². The van der Waals surface area contributed by atoms with Gasteiger partial charge in [-0.1, -0.05) is 18.2 Å². The van der Waals surface area contributed by atoms with Crippen LogP contribution < -0.4 is 21.2 Å². The fraction of sp³-hybridized carbons (Fsp3) is 0.500. The van der Waals surface area contributed by atoms with Crippen LogP contribution in [0.5, 0.6) is 0 Å². The molecule has 4 aliphatic heterocycles. The lowest BCUT2D eigenvalue weighted by molar-refractivity contribution is -0.141. The summed E-state index contributed by atoms with van der Waals surface area (Å²) in [6, 6.07) is 12.8. The Kier molecular flexibility index (Phi) is 10.0. The van der Waals surface area contributed by atoms with Crippen molar-refractivity contribution in [2.45, 2.75) is 94.1 Å². The predicted octanol–water partition coefficient (Wildman–Crippen LogP) is 5.92. The van der Waals surface area contributed by atoms with E-state index in [0.717, 1.165) is 104 Å². The molecule has 2 bridgehead atoms. The highest BCUT2D eigenvalue weighted by Gasteiger charge is 2.41. The van der Waals surface area contributed by atoms with Crippen LogP contribution in [0.25, 0.3) is 21.9 Å². The summed E-state index contributed by atoms with van der Waals surface area (Å²) >= 11 is 0. The summed E-state index contributed by atoms with van der Waals surface area (Å²) < 4.78 is 51.3. The van der Waals surface area contributed by atoms with Crippen molar-refractivity contribution in [3.05, 3.63) is 82.2 Å². The van der Waals surface area contributed by atoms with Crippen LogP contribution in [-0.2, 0) is 27.5 Å². The summed E-state index contributed by atoms with van der Waals surface area (Å²) in [6.45, 7) is 4.18. The van der Waals surface area contributed by atoms with E-state index >= 15 is 0 Å². The number of imide groups is 1. The van der Waals surface area contributed by atoms with Crippen LogP contribution >= 0.6 is 0 Å². The number of aryl methyl sites for hydroxylation is 1. The van der Waals surface area contributed by atoms with E-state index in [9.17, 15) is 32.3 Å². The Labute approximate surface area is 349 Å². The number of morpholine rings is 1. The minimum absolute atomic E-state index is 0.0898. The molecule has 3 amide bonds. The lowest BCUT2D eigenvalue weighted by atomic mass is 9.84. The number of nitrogens with zero attached hydrogens (tertiary/aromatic N) is 7. The predicted molar refractivity (Wildman–Crippen MR) is 220 cm³/mol. The van der Waals surface area contributed by atoms with Gasteiger partial charge in [-0.3, -0.25) is 33.5 Å². The zero-order valence-electron chi connectivity index (χ0n) is 33.9. The summed E-state index contributed by atoms with van der Waals surface area (Å²) in [5, 5.41) is 11.1. The van der Waals surface area contributed by atoms with Crippen molar-refractivity contribution >= 4 is 51.0 Å². The molecule has 320 valence electrons. The maximum Gasteiger partial charge on any atom is 0.433 e. The van der Waals surface area contributed by atoms with Crippen molar-refractivity contribution in [2.75, 3.05) is 43.0 Å². The first-order chi connectivity index (χ1) is 29.4. The number of benzene rings is 2. The maximum absolute atomic E-state index is 13.5. The van der Waals surface area contributed by atoms with Gasteiger partial charge in [-0.05, 0) is 112 Å². The number of carbonyl (C=O) groups is 3. The number of pyridine rings is 1. The van der Waals surface area contributed by atoms with Gasteiger partial charge >= 0.3 is 11.9 Å². The number of piperidine rings is 2. The summed E-state index contributed by atoms with van der Waals surface area (Å²) in [6.07, 6.45) is 4.88. The SMILES string of the molecule is Cn1c(=O)n(C2CCC(=O)NC2=O)c2cccc(C3CCN(CC4CCC(n5cc6cc(NC(=O)c7cccc(C(F)(F)F)n7)c(N7C[C@H]8C[C@@H]7CO8)cc6n5)CC4)CC3)c21. The Hall–Kier alpha value is -5.55. The van der Waals surface area contributed by atoms with Gasteiger partial charge in [-0.2, -0.15) is 18.3 Å². The number of amides is 3. The van der Waals surface area contributed by atoms with E-state index in [0.29, 0.717) is 31.2 Å². The second-order valence-corrected chi connectivity index (χ2v) is 17.5. The van der Waals surface area contributed by atoms with Crippen LogP contribution in [0.1, 0.15) is 97.5 Å². The number of ether oxygens (including phenoxy) is 1. The Balaban J connectivity index is 0.793. The largest absolute Gasteiger partial charge is 0.433 e. The van der Waals surface area contributed by atoms with Crippen molar-refractivity contribution in [3.63, 3.8) is 0 Å². The maximum atomic E-state index is 13.5. The van der Waals surface area contributed by atoms with E-state index in [4.69, 9.17) is 9.84 Å². The fourth-order valence-electron chi connectivity index (χ4n) is 10.6. The number of anilines is 2. The molecule has 61 heavy (non-hydrogen) atoms. The van der Waals surface area contributed by atoms with Crippen molar-refractivity contribution in [3.8, 4) is 0 Å². The van der Waals surface area contributed by atoms with Crippen molar-refractivity contribution < 1.29 is 32.3 Å². The van der Waals surface area contributed by atoms with Gasteiger partial charge in [0, 0.05) is 38.1 Å². The molecule has 3 atom stereocenters. The number of carbonyl (C=O) groups excluding carboxylic acids is 3. The zero-order chi connectivity index (χ0) is 42.2. The number of halogens is 3. The second kappa shape index (κ2) is 15.4. The van der Waals surface area contributed by atoms with Crippen LogP contribution in [0.2, 0.25) is 0 Å². The van der Waals surface area contributed by atoms with Gasteiger partial charge < -0.3 is 19.9 Å². The molecular formula is C44H48F3N9O5. The molecule has 2 N–H and O–H groups in total. The molecule has 2 aromatic carbocycles. The quantitative estimate of drug-likeness (QED) is 0.182. The Bertz CT molecular complexity index is 2600. The van der Waals surface area contributed by atoms with Crippen LogP contribution in [0.4, 0.5) is 24.5 Å².